The van der Waals surface area contributed by atoms with E-state index >= 15 is 0 Å². The highest BCUT2D eigenvalue weighted by molar-refractivity contribution is 5.94. The molecule has 6 nitrogen and oxygen atoms in total. The summed E-state index contributed by atoms with van der Waals surface area (Å²) in [4.78, 5) is 18.7. The predicted molar refractivity (Wildman–Crippen MR) is 100 cm³/mol. The SMILES string of the molecule is CN(Cc1cnn(C)c1)C(=O)c1ccc(-n2cnc3ccccc32)cc1. The lowest BCUT2D eigenvalue weighted by Gasteiger charge is -2.16. The lowest BCUT2D eigenvalue weighted by atomic mass is 10.1. The van der Waals surface area contributed by atoms with Crippen molar-refractivity contribution in [3.05, 3.63) is 78.4 Å². The number of hydrogen-bond donors (Lipinski definition) is 0. The van der Waals surface area contributed by atoms with Crippen LogP contribution in [0.1, 0.15) is 15.9 Å². The quantitative estimate of drug-likeness (QED) is 0.571. The number of carbonyl (C=O) groups excluding carboxylic acids is 1. The Hall–Kier alpha value is -3.41. The maximum absolute atomic E-state index is 12.6. The van der Waals surface area contributed by atoms with Gasteiger partial charge in [-0.25, -0.2) is 4.98 Å². The summed E-state index contributed by atoms with van der Waals surface area (Å²) in [7, 11) is 3.66. The summed E-state index contributed by atoms with van der Waals surface area (Å²) in [5.41, 5.74) is 4.63. The molecule has 6 heteroatoms. The van der Waals surface area contributed by atoms with Crippen molar-refractivity contribution < 1.29 is 4.79 Å². The lowest BCUT2D eigenvalue weighted by molar-refractivity contribution is 0.0785. The van der Waals surface area contributed by atoms with Gasteiger partial charge < -0.3 is 4.90 Å². The molecule has 2 heterocycles. The zero-order valence-electron chi connectivity index (χ0n) is 14.7. The fourth-order valence-electron chi connectivity index (χ4n) is 3.05. The van der Waals surface area contributed by atoms with Crippen LogP contribution >= 0.6 is 0 Å². The van der Waals surface area contributed by atoms with Crippen molar-refractivity contribution in [2.75, 3.05) is 7.05 Å². The van der Waals surface area contributed by atoms with E-state index in [2.05, 4.69) is 10.1 Å². The molecule has 0 fully saturated rings. The average molecular weight is 345 g/mol. The van der Waals surface area contributed by atoms with Crippen molar-refractivity contribution in [2.45, 2.75) is 6.54 Å². The first-order valence-electron chi connectivity index (χ1n) is 8.37. The molecule has 4 aromatic rings. The van der Waals surface area contributed by atoms with Gasteiger partial charge in [-0.05, 0) is 36.4 Å². The lowest BCUT2D eigenvalue weighted by Crippen LogP contribution is -2.26. The standard InChI is InChI=1S/C20H19N5O/c1-23(12-15-11-22-24(2)13-15)20(26)16-7-9-17(10-8-16)25-14-21-18-5-3-4-6-19(18)25/h3-11,13-14H,12H2,1-2H3. The molecule has 130 valence electrons. The van der Waals surface area contributed by atoms with E-state index in [0.29, 0.717) is 12.1 Å². The molecule has 0 atom stereocenters. The minimum Gasteiger partial charge on any atom is -0.337 e. The zero-order valence-corrected chi connectivity index (χ0v) is 14.7. The summed E-state index contributed by atoms with van der Waals surface area (Å²) in [5, 5.41) is 4.14. The van der Waals surface area contributed by atoms with Crippen LogP contribution in [0.3, 0.4) is 0 Å². The Balaban J connectivity index is 1.54. The second-order valence-corrected chi connectivity index (χ2v) is 6.33. The van der Waals surface area contributed by atoms with Crippen LogP contribution < -0.4 is 0 Å². The molecule has 0 aliphatic rings. The number of aromatic nitrogens is 4. The van der Waals surface area contributed by atoms with Crippen LogP contribution in [0.25, 0.3) is 16.7 Å². The van der Waals surface area contributed by atoms with Crippen molar-refractivity contribution in [3.63, 3.8) is 0 Å². The van der Waals surface area contributed by atoms with Gasteiger partial charge in [0.2, 0.25) is 0 Å². The molecule has 0 bridgehead atoms. The highest BCUT2D eigenvalue weighted by atomic mass is 16.2. The normalized spacial score (nSPS) is 11.0. The van der Waals surface area contributed by atoms with Gasteiger partial charge in [-0.1, -0.05) is 12.1 Å². The van der Waals surface area contributed by atoms with E-state index in [0.717, 1.165) is 22.3 Å². The molecule has 4 rings (SSSR count). The summed E-state index contributed by atoms with van der Waals surface area (Å²) in [5.74, 6) is -0.0177. The molecular weight excluding hydrogens is 326 g/mol. The maximum atomic E-state index is 12.6. The van der Waals surface area contributed by atoms with Gasteiger partial charge in [0.15, 0.2) is 0 Å². The van der Waals surface area contributed by atoms with Gasteiger partial charge in [0.05, 0.1) is 17.2 Å². The van der Waals surface area contributed by atoms with Crippen LogP contribution in [-0.2, 0) is 13.6 Å². The monoisotopic (exact) mass is 345 g/mol. The molecule has 0 N–H and O–H groups in total. The van der Waals surface area contributed by atoms with Gasteiger partial charge in [0.1, 0.15) is 6.33 Å². The molecule has 0 saturated carbocycles. The number of rotatable bonds is 4. The maximum Gasteiger partial charge on any atom is 0.253 e. The summed E-state index contributed by atoms with van der Waals surface area (Å²) in [6, 6.07) is 15.6. The largest absolute Gasteiger partial charge is 0.337 e. The number of imidazole rings is 1. The van der Waals surface area contributed by atoms with Crippen LogP contribution in [0.15, 0.2) is 67.3 Å². The summed E-state index contributed by atoms with van der Waals surface area (Å²) in [6.07, 6.45) is 5.49. The summed E-state index contributed by atoms with van der Waals surface area (Å²) < 4.78 is 3.75. The van der Waals surface area contributed by atoms with Gasteiger partial charge in [-0.15, -0.1) is 0 Å². The fourth-order valence-corrected chi connectivity index (χ4v) is 3.05. The summed E-state index contributed by atoms with van der Waals surface area (Å²) >= 11 is 0. The van der Waals surface area contributed by atoms with Crippen LogP contribution in [0.2, 0.25) is 0 Å². The number of fused-ring (bicyclic) bond motifs is 1. The van der Waals surface area contributed by atoms with E-state index in [-0.39, 0.29) is 5.91 Å². The average Bonchev–Trinajstić information content (AvgIpc) is 3.27. The molecule has 0 aliphatic heterocycles. The van der Waals surface area contributed by atoms with E-state index in [4.69, 9.17) is 0 Å². The molecule has 0 unspecified atom stereocenters. The number of amides is 1. The Bertz CT molecular complexity index is 1060. The number of benzene rings is 2. The molecular formula is C20H19N5O. The second kappa shape index (κ2) is 6.48. The third-order valence-corrected chi connectivity index (χ3v) is 4.37. The predicted octanol–water partition coefficient (Wildman–Crippen LogP) is 3.03. The van der Waals surface area contributed by atoms with Crippen molar-refractivity contribution in [1.29, 1.82) is 0 Å². The molecule has 0 radical (unpaired) electrons. The minimum absolute atomic E-state index is 0.0177. The Labute approximate surface area is 151 Å². The van der Waals surface area contributed by atoms with E-state index in [1.807, 2.05) is 66.3 Å². The smallest absolute Gasteiger partial charge is 0.253 e. The number of para-hydroxylation sites is 2. The highest BCUT2D eigenvalue weighted by Gasteiger charge is 2.13. The van der Waals surface area contributed by atoms with Crippen molar-refractivity contribution in [1.82, 2.24) is 24.2 Å². The second-order valence-electron chi connectivity index (χ2n) is 6.33. The third-order valence-electron chi connectivity index (χ3n) is 4.37. The molecule has 0 spiro atoms. The first kappa shape index (κ1) is 16.1. The van der Waals surface area contributed by atoms with Crippen molar-refractivity contribution in [3.8, 4) is 5.69 Å². The number of nitrogens with zero attached hydrogens (tertiary/aromatic N) is 5. The first-order chi connectivity index (χ1) is 12.6. The van der Waals surface area contributed by atoms with E-state index in [9.17, 15) is 4.79 Å². The molecule has 0 saturated heterocycles. The van der Waals surface area contributed by atoms with Crippen LogP contribution in [0.4, 0.5) is 0 Å². The zero-order chi connectivity index (χ0) is 18.1. The molecule has 0 aliphatic carbocycles. The van der Waals surface area contributed by atoms with Gasteiger partial charge in [-0.2, -0.15) is 5.10 Å². The van der Waals surface area contributed by atoms with Crippen LogP contribution in [0.5, 0.6) is 0 Å². The molecule has 2 aromatic carbocycles. The van der Waals surface area contributed by atoms with Gasteiger partial charge in [0.25, 0.3) is 5.91 Å². The molecule has 26 heavy (non-hydrogen) atoms. The summed E-state index contributed by atoms with van der Waals surface area (Å²) in [6.45, 7) is 0.528. The highest BCUT2D eigenvalue weighted by Crippen LogP contribution is 2.19. The Morgan fingerprint density at radius 2 is 1.88 bits per heavy atom. The van der Waals surface area contributed by atoms with E-state index in [1.54, 1.807) is 29.2 Å². The van der Waals surface area contributed by atoms with Gasteiger partial charge in [-0.3, -0.25) is 14.0 Å². The Morgan fingerprint density at radius 1 is 1.12 bits per heavy atom. The van der Waals surface area contributed by atoms with Gasteiger partial charge in [0, 0.05) is 43.7 Å². The Kier molecular flexibility index (Phi) is 4.01. The van der Waals surface area contributed by atoms with Crippen LogP contribution in [0, 0.1) is 0 Å². The first-order valence-corrected chi connectivity index (χ1v) is 8.37. The number of carbonyl (C=O) groups is 1. The van der Waals surface area contributed by atoms with Crippen LogP contribution in [-0.4, -0.2) is 37.2 Å². The topological polar surface area (TPSA) is 56.0 Å². The number of aryl methyl sites for hydroxylation is 1. The van der Waals surface area contributed by atoms with E-state index in [1.165, 1.54) is 0 Å². The van der Waals surface area contributed by atoms with Crippen molar-refractivity contribution >= 4 is 16.9 Å². The van der Waals surface area contributed by atoms with E-state index < -0.39 is 0 Å². The third kappa shape index (κ3) is 2.97. The van der Waals surface area contributed by atoms with Crippen molar-refractivity contribution in [2.24, 2.45) is 7.05 Å². The molecule has 2 aromatic heterocycles. The fraction of sp³-hybridized carbons (Fsp3) is 0.150. The minimum atomic E-state index is -0.0177. The number of hydrogen-bond acceptors (Lipinski definition) is 3. The molecule has 1 amide bonds. The Morgan fingerprint density at radius 3 is 2.62 bits per heavy atom. The van der Waals surface area contributed by atoms with Gasteiger partial charge >= 0.3 is 0 Å².